The van der Waals surface area contributed by atoms with Crippen molar-refractivity contribution in [1.29, 1.82) is 0 Å². The van der Waals surface area contributed by atoms with Gasteiger partial charge in [-0.15, -0.1) is 0 Å². The van der Waals surface area contributed by atoms with Crippen LogP contribution in [0, 0.1) is 0 Å². The molecule has 0 saturated heterocycles. The molecular weight excluding hydrogens is 364 g/mol. The Morgan fingerprint density at radius 2 is 1.75 bits per heavy atom. The first-order valence-electron chi connectivity index (χ1n) is 9.48. The van der Waals surface area contributed by atoms with Gasteiger partial charge in [0, 0.05) is 0 Å². The molecule has 0 radical (unpaired) electrons. The van der Waals surface area contributed by atoms with E-state index in [4.69, 9.17) is 9.47 Å². The highest BCUT2D eigenvalue weighted by atomic mass is 16.5. The van der Waals surface area contributed by atoms with E-state index in [1.165, 1.54) is 7.11 Å². The SMILES string of the molecule is CCCCCC[C@@H](NC(=O)[C@H](CO)NC(=O)OCc1ccccc1)C(=O)OC. The number of hydrogen-bond donors (Lipinski definition) is 3. The van der Waals surface area contributed by atoms with Crippen LogP contribution < -0.4 is 10.6 Å². The minimum absolute atomic E-state index is 0.0364. The summed E-state index contributed by atoms with van der Waals surface area (Å²) in [6.45, 7) is 1.48. The summed E-state index contributed by atoms with van der Waals surface area (Å²) >= 11 is 0. The first-order valence-corrected chi connectivity index (χ1v) is 9.48. The van der Waals surface area contributed by atoms with Crippen LogP contribution in [-0.2, 0) is 25.7 Å². The average Bonchev–Trinajstić information content (AvgIpc) is 2.72. The number of benzene rings is 1. The molecule has 28 heavy (non-hydrogen) atoms. The number of alkyl carbamates (subject to hydrolysis) is 1. The van der Waals surface area contributed by atoms with Crippen LogP contribution in [-0.4, -0.2) is 48.9 Å². The van der Waals surface area contributed by atoms with Gasteiger partial charge in [-0.05, 0) is 12.0 Å². The Labute approximate surface area is 165 Å². The third-order valence-corrected chi connectivity index (χ3v) is 4.15. The van der Waals surface area contributed by atoms with Crippen molar-refractivity contribution in [3.63, 3.8) is 0 Å². The first-order chi connectivity index (χ1) is 13.5. The molecule has 156 valence electrons. The number of aliphatic hydroxyl groups excluding tert-OH is 1. The maximum absolute atomic E-state index is 12.4. The zero-order chi connectivity index (χ0) is 20.8. The van der Waals surface area contributed by atoms with Crippen molar-refractivity contribution in [2.45, 2.75) is 57.7 Å². The van der Waals surface area contributed by atoms with E-state index in [2.05, 4.69) is 17.6 Å². The van der Waals surface area contributed by atoms with Gasteiger partial charge in [-0.1, -0.05) is 62.9 Å². The first kappa shape index (κ1) is 23.4. The Kier molecular flexibility index (Phi) is 11.3. The number of ether oxygens (including phenoxy) is 2. The van der Waals surface area contributed by atoms with E-state index in [1.54, 1.807) is 12.1 Å². The molecule has 0 heterocycles. The molecule has 0 unspecified atom stereocenters. The van der Waals surface area contributed by atoms with Gasteiger partial charge >= 0.3 is 12.1 Å². The van der Waals surface area contributed by atoms with Crippen molar-refractivity contribution in [1.82, 2.24) is 10.6 Å². The third kappa shape index (κ3) is 8.85. The van der Waals surface area contributed by atoms with E-state index in [1.807, 2.05) is 18.2 Å². The predicted octanol–water partition coefficient (Wildman–Crippen LogP) is 1.90. The highest BCUT2D eigenvalue weighted by Crippen LogP contribution is 2.07. The fraction of sp³-hybridized carbons (Fsp3) is 0.550. The molecule has 3 N–H and O–H groups in total. The Bertz CT molecular complexity index is 608. The third-order valence-electron chi connectivity index (χ3n) is 4.15. The fourth-order valence-corrected chi connectivity index (χ4v) is 2.54. The number of nitrogens with one attached hydrogen (secondary N) is 2. The second-order valence-corrected chi connectivity index (χ2v) is 6.37. The summed E-state index contributed by atoms with van der Waals surface area (Å²) in [6, 6.07) is 7.00. The molecule has 0 fully saturated rings. The van der Waals surface area contributed by atoms with Crippen molar-refractivity contribution in [2.75, 3.05) is 13.7 Å². The lowest BCUT2D eigenvalue weighted by atomic mass is 10.1. The van der Waals surface area contributed by atoms with Crippen LogP contribution in [0.1, 0.15) is 44.6 Å². The van der Waals surface area contributed by atoms with E-state index in [9.17, 15) is 19.5 Å². The number of aliphatic hydroxyl groups is 1. The Balaban J connectivity index is 2.53. The summed E-state index contributed by atoms with van der Waals surface area (Å²) in [6.07, 6.45) is 3.37. The molecule has 2 amide bonds. The number of carbonyl (C=O) groups is 3. The van der Waals surface area contributed by atoms with Gasteiger partial charge in [0.2, 0.25) is 5.91 Å². The van der Waals surface area contributed by atoms with E-state index in [-0.39, 0.29) is 6.61 Å². The van der Waals surface area contributed by atoms with Crippen LogP contribution in [0.3, 0.4) is 0 Å². The normalized spacial score (nSPS) is 12.5. The summed E-state index contributed by atoms with van der Waals surface area (Å²) in [5, 5.41) is 14.3. The molecule has 1 aromatic carbocycles. The lowest BCUT2D eigenvalue weighted by Crippen LogP contribution is -2.53. The van der Waals surface area contributed by atoms with Gasteiger partial charge in [-0.2, -0.15) is 0 Å². The van der Waals surface area contributed by atoms with E-state index >= 15 is 0 Å². The van der Waals surface area contributed by atoms with Gasteiger partial charge in [0.15, 0.2) is 0 Å². The van der Waals surface area contributed by atoms with Crippen molar-refractivity contribution in [3.8, 4) is 0 Å². The highest BCUT2D eigenvalue weighted by molar-refractivity contribution is 5.89. The molecular formula is C20H30N2O6. The van der Waals surface area contributed by atoms with Crippen LogP contribution >= 0.6 is 0 Å². The standard InChI is InChI=1S/C20H30N2O6/c1-3-4-5-9-12-16(19(25)27-2)21-18(24)17(13-23)22-20(26)28-14-15-10-7-6-8-11-15/h6-8,10-11,16-17,23H,3-5,9,12-14H2,1-2H3,(H,21,24)(H,22,26)/t16-,17+/m1/s1. The van der Waals surface area contributed by atoms with Crippen LogP contribution in [0.25, 0.3) is 0 Å². The van der Waals surface area contributed by atoms with E-state index in [0.717, 1.165) is 31.2 Å². The van der Waals surface area contributed by atoms with Gasteiger partial charge in [-0.25, -0.2) is 9.59 Å². The lowest BCUT2D eigenvalue weighted by molar-refractivity contribution is -0.145. The second kappa shape index (κ2) is 13.5. The summed E-state index contributed by atoms with van der Waals surface area (Å²) in [7, 11) is 1.25. The van der Waals surface area contributed by atoms with Crippen LogP contribution in [0.4, 0.5) is 4.79 Å². The summed E-state index contributed by atoms with van der Waals surface area (Å²) < 4.78 is 9.77. The molecule has 0 aliphatic carbocycles. The summed E-state index contributed by atoms with van der Waals surface area (Å²) in [4.78, 5) is 36.1. The maximum atomic E-state index is 12.4. The zero-order valence-electron chi connectivity index (χ0n) is 16.5. The number of esters is 1. The molecule has 0 aromatic heterocycles. The van der Waals surface area contributed by atoms with Crippen LogP contribution in [0.5, 0.6) is 0 Å². The number of amides is 2. The van der Waals surface area contributed by atoms with Gasteiger partial charge in [-0.3, -0.25) is 4.79 Å². The molecule has 2 atom stereocenters. The minimum atomic E-state index is -1.23. The van der Waals surface area contributed by atoms with Crippen LogP contribution in [0.2, 0.25) is 0 Å². The molecule has 0 spiro atoms. The largest absolute Gasteiger partial charge is 0.467 e. The van der Waals surface area contributed by atoms with Gasteiger partial charge < -0.3 is 25.2 Å². The van der Waals surface area contributed by atoms with Crippen molar-refractivity contribution >= 4 is 18.0 Å². The minimum Gasteiger partial charge on any atom is -0.467 e. The summed E-state index contributed by atoms with van der Waals surface area (Å²) in [5.74, 6) is -1.24. The molecule has 8 heteroatoms. The van der Waals surface area contributed by atoms with Gasteiger partial charge in [0.05, 0.1) is 13.7 Å². The van der Waals surface area contributed by atoms with Gasteiger partial charge in [0.1, 0.15) is 18.7 Å². The number of carbonyl (C=O) groups excluding carboxylic acids is 3. The highest BCUT2D eigenvalue weighted by Gasteiger charge is 2.27. The molecule has 1 aromatic rings. The molecule has 0 saturated carbocycles. The van der Waals surface area contributed by atoms with Crippen molar-refractivity contribution in [3.05, 3.63) is 35.9 Å². The number of methoxy groups -OCH3 is 1. The van der Waals surface area contributed by atoms with Gasteiger partial charge in [0.25, 0.3) is 0 Å². The Hall–Kier alpha value is -2.61. The molecule has 8 nitrogen and oxygen atoms in total. The Morgan fingerprint density at radius 1 is 1.04 bits per heavy atom. The number of unbranched alkanes of at least 4 members (excludes halogenated alkanes) is 3. The molecule has 1 rings (SSSR count). The smallest absolute Gasteiger partial charge is 0.408 e. The predicted molar refractivity (Wildman–Crippen MR) is 103 cm³/mol. The van der Waals surface area contributed by atoms with E-state index < -0.39 is 36.7 Å². The number of rotatable bonds is 12. The zero-order valence-corrected chi connectivity index (χ0v) is 16.5. The Morgan fingerprint density at radius 3 is 2.36 bits per heavy atom. The number of hydrogen-bond acceptors (Lipinski definition) is 6. The molecule has 0 aliphatic rings. The molecule has 0 aliphatic heterocycles. The van der Waals surface area contributed by atoms with E-state index in [0.29, 0.717) is 6.42 Å². The lowest BCUT2D eigenvalue weighted by Gasteiger charge is -2.21. The van der Waals surface area contributed by atoms with Crippen LogP contribution in [0.15, 0.2) is 30.3 Å². The summed E-state index contributed by atoms with van der Waals surface area (Å²) in [5.41, 5.74) is 0.792. The molecule has 0 bridgehead atoms. The average molecular weight is 394 g/mol. The fourth-order valence-electron chi connectivity index (χ4n) is 2.54. The topological polar surface area (TPSA) is 114 Å². The monoisotopic (exact) mass is 394 g/mol. The quantitative estimate of drug-likeness (QED) is 0.369. The second-order valence-electron chi connectivity index (χ2n) is 6.37. The van der Waals surface area contributed by atoms with Crippen molar-refractivity contribution in [2.24, 2.45) is 0 Å². The van der Waals surface area contributed by atoms with Crippen molar-refractivity contribution < 1.29 is 29.0 Å². The maximum Gasteiger partial charge on any atom is 0.408 e.